The Morgan fingerprint density at radius 3 is 2.94 bits per heavy atom. The lowest BCUT2D eigenvalue weighted by Crippen LogP contribution is -2.50. The standard InChI is InChI=1S/C12H16N2O3/c1-12(2)8-14(3-4-17-12)11(16)9-5-10(15)7-13-6-9/h5-7,15H,3-4,8H2,1-2H3. The third kappa shape index (κ3) is 2.74. The van der Waals surface area contributed by atoms with Gasteiger partial charge in [-0.3, -0.25) is 9.78 Å². The SMILES string of the molecule is CC1(C)CN(C(=O)c2cncc(O)c2)CCO1. The summed E-state index contributed by atoms with van der Waals surface area (Å²) < 4.78 is 5.55. The van der Waals surface area contributed by atoms with Crippen LogP contribution in [-0.4, -0.2) is 46.2 Å². The van der Waals surface area contributed by atoms with E-state index in [1.807, 2.05) is 13.8 Å². The first-order chi connectivity index (χ1) is 7.98. The minimum atomic E-state index is -0.321. The molecule has 0 unspecified atom stereocenters. The van der Waals surface area contributed by atoms with Crippen molar-refractivity contribution in [3.05, 3.63) is 24.0 Å². The minimum absolute atomic E-state index is 0.00312. The van der Waals surface area contributed by atoms with Crippen LogP contribution in [0, 0.1) is 0 Å². The first-order valence-corrected chi connectivity index (χ1v) is 5.55. The first kappa shape index (κ1) is 11.9. The topological polar surface area (TPSA) is 62.7 Å². The van der Waals surface area contributed by atoms with Crippen molar-refractivity contribution in [2.45, 2.75) is 19.4 Å². The third-order valence-electron chi connectivity index (χ3n) is 2.68. The van der Waals surface area contributed by atoms with Gasteiger partial charge in [-0.05, 0) is 19.9 Å². The molecular weight excluding hydrogens is 220 g/mol. The second kappa shape index (κ2) is 4.33. The van der Waals surface area contributed by atoms with E-state index in [0.29, 0.717) is 25.3 Å². The van der Waals surface area contributed by atoms with Gasteiger partial charge in [0, 0.05) is 19.3 Å². The van der Waals surface area contributed by atoms with E-state index in [1.165, 1.54) is 18.5 Å². The van der Waals surface area contributed by atoms with Crippen molar-refractivity contribution in [3.8, 4) is 5.75 Å². The van der Waals surface area contributed by atoms with Crippen LogP contribution in [0.15, 0.2) is 18.5 Å². The number of rotatable bonds is 1. The Kier molecular flexibility index (Phi) is 3.02. The van der Waals surface area contributed by atoms with E-state index in [0.717, 1.165) is 0 Å². The number of hydrogen-bond donors (Lipinski definition) is 1. The molecule has 1 aromatic heterocycles. The molecule has 0 spiro atoms. The molecule has 5 nitrogen and oxygen atoms in total. The van der Waals surface area contributed by atoms with Crippen LogP contribution in [0.2, 0.25) is 0 Å². The summed E-state index contributed by atoms with van der Waals surface area (Å²) in [6.45, 7) is 5.55. The maximum Gasteiger partial charge on any atom is 0.255 e. The highest BCUT2D eigenvalue weighted by Gasteiger charge is 2.30. The molecular formula is C12H16N2O3. The number of hydrogen-bond acceptors (Lipinski definition) is 4. The Morgan fingerprint density at radius 1 is 1.53 bits per heavy atom. The molecule has 0 saturated carbocycles. The lowest BCUT2D eigenvalue weighted by molar-refractivity contribution is -0.0764. The smallest absolute Gasteiger partial charge is 0.255 e. The Bertz CT molecular complexity index is 432. The summed E-state index contributed by atoms with van der Waals surface area (Å²) in [6.07, 6.45) is 2.77. The Morgan fingerprint density at radius 2 is 2.29 bits per heavy atom. The molecule has 1 aliphatic rings. The predicted octanol–water partition coefficient (Wildman–Crippen LogP) is 1.04. The van der Waals surface area contributed by atoms with E-state index >= 15 is 0 Å². The quantitative estimate of drug-likeness (QED) is 0.791. The predicted molar refractivity (Wildman–Crippen MR) is 61.8 cm³/mol. The van der Waals surface area contributed by atoms with E-state index in [9.17, 15) is 9.90 Å². The van der Waals surface area contributed by atoms with Crippen molar-refractivity contribution < 1.29 is 14.6 Å². The first-order valence-electron chi connectivity index (χ1n) is 5.55. The Balaban J connectivity index is 2.15. The molecule has 1 N–H and O–H groups in total. The summed E-state index contributed by atoms with van der Waals surface area (Å²) in [4.78, 5) is 17.7. The fourth-order valence-electron chi connectivity index (χ4n) is 1.92. The van der Waals surface area contributed by atoms with Crippen molar-refractivity contribution >= 4 is 5.91 Å². The largest absolute Gasteiger partial charge is 0.506 e. The number of aromatic hydroxyl groups is 1. The van der Waals surface area contributed by atoms with Crippen LogP contribution >= 0.6 is 0 Å². The zero-order valence-electron chi connectivity index (χ0n) is 10.0. The molecule has 2 heterocycles. The van der Waals surface area contributed by atoms with Gasteiger partial charge in [0.1, 0.15) is 5.75 Å². The average Bonchev–Trinajstić information content (AvgIpc) is 2.26. The van der Waals surface area contributed by atoms with Gasteiger partial charge in [-0.2, -0.15) is 0 Å². The van der Waals surface area contributed by atoms with Gasteiger partial charge in [0.2, 0.25) is 0 Å². The van der Waals surface area contributed by atoms with E-state index in [1.54, 1.807) is 4.90 Å². The molecule has 1 aliphatic heterocycles. The van der Waals surface area contributed by atoms with Gasteiger partial charge in [0.15, 0.2) is 0 Å². The van der Waals surface area contributed by atoms with Crippen LogP contribution in [0.3, 0.4) is 0 Å². The number of carbonyl (C=O) groups is 1. The molecule has 5 heteroatoms. The summed E-state index contributed by atoms with van der Waals surface area (Å²) in [5.74, 6) is -0.117. The molecule has 1 amide bonds. The van der Waals surface area contributed by atoms with Crippen molar-refractivity contribution in [3.63, 3.8) is 0 Å². The fraction of sp³-hybridized carbons (Fsp3) is 0.500. The van der Waals surface area contributed by atoms with Gasteiger partial charge in [0.05, 0.1) is 24.0 Å². The molecule has 17 heavy (non-hydrogen) atoms. The zero-order chi connectivity index (χ0) is 12.5. The zero-order valence-corrected chi connectivity index (χ0v) is 10.0. The van der Waals surface area contributed by atoms with Crippen LogP contribution in [-0.2, 0) is 4.74 Å². The highest BCUT2D eigenvalue weighted by Crippen LogP contribution is 2.19. The summed E-state index contributed by atoms with van der Waals surface area (Å²) in [6, 6.07) is 1.43. The van der Waals surface area contributed by atoms with Crippen molar-refractivity contribution in [2.24, 2.45) is 0 Å². The average molecular weight is 236 g/mol. The molecule has 0 atom stereocenters. The number of pyridine rings is 1. The molecule has 1 saturated heterocycles. The molecule has 0 aromatic carbocycles. The third-order valence-corrected chi connectivity index (χ3v) is 2.68. The molecule has 0 aliphatic carbocycles. The molecule has 0 radical (unpaired) electrons. The Hall–Kier alpha value is -1.62. The highest BCUT2D eigenvalue weighted by atomic mass is 16.5. The van der Waals surface area contributed by atoms with Gasteiger partial charge < -0.3 is 14.7 Å². The number of carbonyl (C=O) groups excluding carboxylic acids is 1. The Labute approximate surface area is 100 Å². The number of amides is 1. The van der Waals surface area contributed by atoms with Crippen LogP contribution in [0.4, 0.5) is 0 Å². The van der Waals surface area contributed by atoms with Gasteiger partial charge in [0.25, 0.3) is 5.91 Å². The lowest BCUT2D eigenvalue weighted by Gasteiger charge is -2.38. The normalized spacial score (nSPS) is 19.1. The van der Waals surface area contributed by atoms with Gasteiger partial charge in [-0.1, -0.05) is 0 Å². The van der Waals surface area contributed by atoms with Crippen molar-refractivity contribution in [1.29, 1.82) is 0 Å². The second-order valence-corrected chi connectivity index (χ2v) is 4.77. The number of ether oxygens (including phenoxy) is 1. The van der Waals surface area contributed by atoms with Crippen LogP contribution in [0.25, 0.3) is 0 Å². The highest BCUT2D eigenvalue weighted by molar-refractivity contribution is 5.94. The fourth-order valence-corrected chi connectivity index (χ4v) is 1.92. The summed E-state index contributed by atoms with van der Waals surface area (Å²) in [5.41, 5.74) is 0.0840. The van der Waals surface area contributed by atoms with Crippen LogP contribution < -0.4 is 0 Å². The maximum absolute atomic E-state index is 12.2. The molecule has 1 aromatic rings. The van der Waals surface area contributed by atoms with Gasteiger partial charge in [-0.15, -0.1) is 0 Å². The van der Waals surface area contributed by atoms with E-state index in [2.05, 4.69) is 4.98 Å². The number of nitrogens with zero attached hydrogens (tertiary/aromatic N) is 2. The summed E-state index contributed by atoms with van der Waals surface area (Å²) in [5, 5.41) is 9.31. The summed E-state index contributed by atoms with van der Waals surface area (Å²) in [7, 11) is 0. The molecule has 92 valence electrons. The molecule has 0 bridgehead atoms. The van der Waals surface area contributed by atoms with Crippen LogP contribution in [0.5, 0.6) is 5.75 Å². The van der Waals surface area contributed by atoms with E-state index in [-0.39, 0.29) is 17.3 Å². The second-order valence-electron chi connectivity index (χ2n) is 4.77. The lowest BCUT2D eigenvalue weighted by atomic mass is 10.1. The maximum atomic E-state index is 12.2. The van der Waals surface area contributed by atoms with Crippen molar-refractivity contribution in [2.75, 3.05) is 19.7 Å². The van der Waals surface area contributed by atoms with Crippen LogP contribution in [0.1, 0.15) is 24.2 Å². The van der Waals surface area contributed by atoms with Gasteiger partial charge >= 0.3 is 0 Å². The monoisotopic (exact) mass is 236 g/mol. The molecule has 1 fully saturated rings. The van der Waals surface area contributed by atoms with Crippen molar-refractivity contribution in [1.82, 2.24) is 9.88 Å². The number of morpholine rings is 1. The van der Waals surface area contributed by atoms with Gasteiger partial charge in [-0.25, -0.2) is 0 Å². The minimum Gasteiger partial charge on any atom is -0.506 e. The van der Waals surface area contributed by atoms with E-state index in [4.69, 9.17) is 4.74 Å². The summed E-state index contributed by atoms with van der Waals surface area (Å²) >= 11 is 0. The van der Waals surface area contributed by atoms with E-state index < -0.39 is 0 Å². The molecule has 2 rings (SSSR count). The number of aromatic nitrogens is 1.